The number of nitrogens with zero attached hydrogens (tertiary/aromatic N) is 3. The topological polar surface area (TPSA) is 76.5 Å². The van der Waals surface area contributed by atoms with Gasteiger partial charge in [0.2, 0.25) is 11.2 Å². The van der Waals surface area contributed by atoms with E-state index in [1.54, 1.807) is 0 Å². The SMILES string of the molecule is CCCCOc1cccc(-c2ccc(Cc3nc(C4=CCC(Cl)C=C4Cl)cn3-c3cccc(N4CC(=O)NS4=O)c3)cc2)c1. The summed E-state index contributed by atoms with van der Waals surface area (Å²) in [5, 5.41) is 0.424. The van der Waals surface area contributed by atoms with Crippen LogP contribution in [0.2, 0.25) is 0 Å². The summed E-state index contributed by atoms with van der Waals surface area (Å²) in [5.74, 6) is 1.41. The van der Waals surface area contributed by atoms with E-state index in [4.69, 9.17) is 32.9 Å². The third-order valence-corrected chi connectivity index (χ3v) is 9.30. The Bertz CT molecular complexity index is 1770. The van der Waals surface area contributed by atoms with Crippen LogP contribution in [0, 0.1) is 0 Å². The van der Waals surface area contributed by atoms with Gasteiger partial charge in [0.05, 0.1) is 23.4 Å². The zero-order valence-electron chi connectivity index (χ0n) is 24.2. The van der Waals surface area contributed by atoms with Crippen molar-refractivity contribution in [1.29, 1.82) is 0 Å². The van der Waals surface area contributed by atoms with Gasteiger partial charge in [-0.15, -0.1) is 11.6 Å². The maximum atomic E-state index is 12.5. The number of aromatic nitrogens is 2. The number of halogens is 2. The van der Waals surface area contributed by atoms with Gasteiger partial charge in [0.25, 0.3) is 5.91 Å². The van der Waals surface area contributed by atoms with Crippen LogP contribution >= 0.6 is 23.2 Å². The molecule has 2 unspecified atom stereocenters. The van der Waals surface area contributed by atoms with Crippen molar-refractivity contribution in [3.63, 3.8) is 0 Å². The lowest BCUT2D eigenvalue weighted by Gasteiger charge is -2.16. The van der Waals surface area contributed by atoms with Gasteiger partial charge in [-0.25, -0.2) is 9.19 Å². The summed E-state index contributed by atoms with van der Waals surface area (Å²) < 4.78 is 24.4. The van der Waals surface area contributed by atoms with Crippen molar-refractivity contribution in [2.45, 2.75) is 38.0 Å². The Morgan fingerprint density at radius 1 is 1.05 bits per heavy atom. The Morgan fingerprint density at radius 2 is 1.84 bits per heavy atom. The van der Waals surface area contributed by atoms with Crippen molar-refractivity contribution < 1.29 is 13.7 Å². The van der Waals surface area contributed by atoms with Gasteiger partial charge >= 0.3 is 0 Å². The van der Waals surface area contributed by atoms with E-state index < -0.39 is 11.2 Å². The van der Waals surface area contributed by atoms with Crippen LogP contribution in [0.3, 0.4) is 0 Å². The largest absolute Gasteiger partial charge is 0.494 e. The van der Waals surface area contributed by atoms with Crippen molar-refractivity contribution in [3.8, 4) is 22.6 Å². The number of imidazole rings is 1. The minimum Gasteiger partial charge on any atom is -0.494 e. The smallest absolute Gasteiger partial charge is 0.253 e. The number of rotatable bonds is 10. The first-order valence-corrected chi connectivity index (χ1v) is 16.5. The van der Waals surface area contributed by atoms with Crippen molar-refractivity contribution in [3.05, 3.63) is 113 Å². The summed E-state index contributed by atoms with van der Waals surface area (Å²) in [7, 11) is 0. The maximum Gasteiger partial charge on any atom is 0.253 e. The molecule has 1 saturated heterocycles. The average Bonchev–Trinajstić information content (AvgIpc) is 3.59. The van der Waals surface area contributed by atoms with Gasteiger partial charge in [-0.3, -0.25) is 13.8 Å². The van der Waals surface area contributed by atoms with Crippen LogP contribution in [-0.4, -0.2) is 38.2 Å². The summed E-state index contributed by atoms with van der Waals surface area (Å²) >= 11 is 11.3. The minimum absolute atomic E-state index is 0.0328. The molecule has 0 spiro atoms. The summed E-state index contributed by atoms with van der Waals surface area (Å²) in [6.45, 7) is 2.90. The van der Waals surface area contributed by atoms with E-state index in [-0.39, 0.29) is 17.8 Å². The number of carbonyl (C=O) groups is 1. The second-order valence-corrected chi connectivity index (χ2v) is 12.8. The van der Waals surface area contributed by atoms with Gasteiger partial charge in [0.15, 0.2) is 0 Å². The van der Waals surface area contributed by atoms with Crippen LogP contribution in [0.25, 0.3) is 22.4 Å². The summed E-state index contributed by atoms with van der Waals surface area (Å²) in [4.78, 5) is 16.9. The number of hydrogen-bond donors (Lipinski definition) is 1. The molecule has 2 heterocycles. The number of amides is 1. The third kappa shape index (κ3) is 6.78. The molecule has 0 radical (unpaired) electrons. The minimum atomic E-state index is -1.62. The van der Waals surface area contributed by atoms with Gasteiger partial charge in [-0.1, -0.05) is 73.5 Å². The van der Waals surface area contributed by atoms with Crippen molar-refractivity contribution in [2.24, 2.45) is 0 Å². The van der Waals surface area contributed by atoms with E-state index in [0.29, 0.717) is 30.2 Å². The maximum absolute atomic E-state index is 12.5. The van der Waals surface area contributed by atoms with Crippen LogP contribution in [0.1, 0.15) is 43.3 Å². The molecule has 44 heavy (non-hydrogen) atoms. The lowest BCUT2D eigenvalue weighted by molar-refractivity contribution is -0.117. The number of anilines is 1. The second-order valence-electron chi connectivity index (χ2n) is 10.7. The fourth-order valence-electron chi connectivity index (χ4n) is 5.22. The highest BCUT2D eigenvalue weighted by molar-refractivity contribution is 7.85. The van der Waals surface area contributed by atoms with E-state index in [1.807, 2.05) is 59.3 Å². The van der Waals surface area contributed by atoms with Crippen molar-refractivity contribution >= 4 is 51.5 Å². The lowest BCUT2D eigenvalue weighted by Crippen LogP contribution is -2.22. The highest BCUT2D eigenvalue weighted by Crippen LogP contribution is 2.34. The third-order valence-electron chi connectivity index (χ3n) is 7.52. The average molecular weight is 648 g/mol. The molecule has 6 rings (SSSR count). The fraction of sp³-hybridized carbons (Fsp3) is 0.235. The number of ether oxygens (including phenoxy) is 1. The number of benzene rings is 3. The number of alkyl halides is 1. The Hall–Kier alpha value is -3.85. The van der Waals surface area contributed by atoms with Gasteiger partial charge < -0.3 is 9.30 Å². The molecule has 1 aliphatic carbocycles. The van der Waals surface area contributed by atoms with E-state index in [2.05, 4.69) is 48.0 Å². The molecule has 2 aliphatic rings. The molecule has 1 amide bonds. The van der Waals surface area contributed by atoms with E-state index in [0.717, 1.165) is 58.1 Å². The number of hydrogen-bond acceptors (Lipinski definition) is 4. The first-order valence-electron chi connectivity index (χ1n) is 14.6. The summed E-state index contributed by atoms with van der Waals surface area (Å²) in [6.07, 6.45) is 9.18. The normalized spacial score (nSPS) is 18.2. The Labute approximate surface area is 269 Å². The van der Waals surface area contributed by atoms with Gasteiger partial charge in [-0.2, -0.15) is 0 Å². The highest BCUT2D eigenvalue weighted by atomic mass is 35.5. The van der Waals surface area contributed by atoms with Crippen LogP contribution in [0.4, 0.5) is 5.69 Å². The molecule has 1 N–H and O–H groups in total. The Morgan fingerprint density at radius 3 is 2.59 bits per heavy atom. The lowest BCUT2D eigenvalue weighted by atomic mass is 10.0. The molecule has 1 fully saturated rings. The highest BCUT2D eigenvalue weighted by Gasteiger charge is 2.27. The number of nitrogens with one attached hydrogen (secondary N) is 1. The van der Waals surface area contributed by atoms with Gasteiger partial charge in [0, 0.05) is 28.9 Å². The summed E-state index contributed by atoms with van der Waals surface area (Å²) in [6, 6.07) is 24.2. The molecular formula is C34H32Cl2N4O3S. The van der Waals surface area contributed by atoms with Gasteiger partial charge in [0.1, 0.15) is 18.1 Å². The molecule has 0 saturated carbocycles. The predicted molar refractivity (Wildman–Crippen MR) is 178 cm³/mol. The van der Waals surface area contributed by atoms with Crippen LogP contribution < -0.4 is 13.8 Å². The second kappa shape index (κ2) is 13.4. The van der Waals surface area contributed by atoms with Crippen LogP contribution in [-0.2, 0) is 22.4 Å². The Balaban J connectivity index is 1.31. The zero-order valence-corrected chi connectivity index (χ0v) is 26.5. The molecule has 1 aromatic heterocycles. The first-order chi connectivity index (χ1) is 21.4. The van der Waals surface area contributed by atoms with E-state index in [9.17, 15) is 9.00 Å². The van der Waals surface area contributed by atoms with E-state index >= 15 is 0 Å². The fourth-order valence-corrected chi connectivity index (χ4v) is 6.74. The number of unbranched alkanes of at least 4 members (excludes halogenated alkanes) is 1. The van der Waals surface area contributed by atoms with E-state index in [1.165, 1.54) is 4.31 Å². The first kappa shape index (κ1) is 30.2. The molecule has 1 aliphatic heterocycles. The zero-order chi connectivity index (χ0) is 30.6. The molecular weight excluding hydrogens is 615 g/mol. The molecule has 2 atom stereocenters. The predicted octanol–water partition coefficient (Wildman–Crippen LogP) is 7.34. The number of allylic oxidation sites excluding steroid dienone is 4. The quantitative estimate of drug-likeness (QED) is 0.144. The van der Waals surface area contributed by atoms with Gasteiger partial charge in [-0.05, 0) is 65.9 Å². The Kier molecular flexibility index (Phi) is 9.21. The molecule has 4 aromatic rings. The molecule has 3 aromatic carbocycles. The van der Waals surface area contributed by atoms with Crippen LogP contribution in [0.15, 0.2) is 96.2 Å². The van der Waals surface area contributed by atoms with Crippen LogP contribution in [0.5, 0.6) is 5.75 Å². The monoisotopic (exact) mass is 646 g/mol. The number of carbonyl (C=O) groups excluding carboxylic acids is 1. The summed E-state index contributed by atoms with van der Waals surface area (Å²) in [5.41, 5.74) is 6.38. The molecule has 226 valence electrons. The standard InChI is InChI=1S/C34H32Cl2N4O3S/c1-2-3-16-43-29-9-4-6-25(18-29)24-12-10-23(11-13-24)17-33-37-32(30-15-14-26(35)19-31(30)36)21-39(33)27-7-5-8-28(20-27)40-22-34(41)38-44(40)42/h4-13,15,18-21,26H,2-3,14,16-17,22H2,1H3,(H,38,41). The molecule has 10 heteroatoms. The van der Waals surface area contributed by atoms with Crippen molar-refractivity contribution in [2.75, 3.05) is 17.5 Å². The molecule has 0 bridgehead atoms. The van der Waals surface area contributed by atoms with Crippen molar-refractivity contribution in [1.82, 2.24) is 14.3 Å². The molecule has 7 nitrogen and oxygen atoms in total.